The number of aliphatic hydroxyl groups is 1. The van der Waals surface area contributed by atoms with Crippen molar-refractivity contribution in [2.45, 2.75) is 64.0 Å². The van der Waals surface area contributed by atoms with Crippen molar-refractivity contribution in [3.05, 3.63) is 5.53 Å². The molecule has 1 saturated carbocycles. The van der Waals surface area contributed by atoms with Gasteiger partial charge >= 0.3 is 23.8 Å². The van der Waals surface area contributed by atoms with Gasteiger partial charge in [0, 0.05) is 25.6 Å². The largest absolute Gasteiger partial charge is 0.471 e. The summed E-state index contributed by atoms with van der Waals surface area (Å²) in [6.07, 6.45) is -5.52. The Labute approximate surface area is 172 Å². The molecule has 1 aliphatic heterocycles. The highest BCUT2D eigenvalue weighted by Crippen LogP contribution is 2.43. The van der Waals surface area contributed by atoms with Crippen LogP contribution in [0.3, 0.4) is 0 Å². The van der Waals surface area contributed by atoms with Crippen molar-refractivity contribution in [2.24, 2.45) is 17.8 Å². The quantitative estimate of drug-likeness (QED) is 0.296. The number of carbonyl (C=O) groups is 2. The van der Waals surface area contributed by atoms with E-state index in [0.717, 1.165) is 4.90 Å². The maximum Gasteiger partial charge on any atom is 0.471 e. The van der Waals surface area contributed by atoms with Crippen LogP contribution < -0.4 is 0 Å². The minimum absolute atomic E-state index is 0.000673. The number of methoxy groups -OCH3 is 1. The summed E-state index contributed by atoms with van der Waals surface area (Å²) in [5.74, 6) is -3.71. The molecule has 0 aromatic rings. The third-order valence-corrected chi connectivity index (χ3v) is 5.98. The molecule has 0 aromatic carbocycles. The molecule has 8 nitrogen and oxygen atoms in total. The number of fused-ring (bicyclic) bond motifs is 1. The van der Waals surface area contributed by atoms with Gasteiger partial charge in [-0.05, 0) is 44.4 Å². The molecule has 2 aliphatic rings. The van der Waals surface area contributed by atoms with E-state index in [2.05, 4.69) is 4.79 Å². The van der Waals surface area contributed by atoms with E-state index in [9.17, 15) is 27.9 Å². The number of ether oxygens (including phenoxy) is 2. The average molecular weight is 435 g/mol. The Kier molecular flexibility index (Phi) is 8.01. The molecule has 11 heteroatoms. The van der Waals surface area contributed by atoms with Crippen LogP contribution in [0.1, 0.15) is 39.5 Å². The Morgan fingerprint density at radius 1 is 1.30 bits per heavy atom. The fourth-order valence-electron chi connectivity index (χ4n) is 4.76. The predicted molar refractivity (Wildman–Crippen MR) is 98.2 cm³/mol. The molecule has 1 saturated heterocycles. The molecule has 170 valence electrons. The molecule has 1 amide bonds. The second-order valence-corrected chi connectivity index (χ2v) is 8.10. The number of likely N-dealkylation sites (tertiary alicyclic amines) is 1. The summed E-state index contributed by atoms with van der Waals surface area (Å²) >= 11 is 0. The van der Waals surface area contributed by atoms with Crippen LogP contribution in [0, 0.1) is 17.8 Å². The molecule has 1 unspecified atom stereocenters. The third-order valence-electron chi connectivity index (χ3n) is 5.98. The number of aliphatic hydroxyl groups excluding tert-OH is 1. The fourth-order valence-corrected chi connectivity index (χ4v) is 4.76. The van der Waals surface area contributed by atoms with E-state index in [4.69, 9.17) is 15.0 Å². The van der Waals surface area contributed by atoms with Gasteiger partial charge in [-0.25, -0.2) is 4.79 Å². The number of esters is 1. The molecular weight excluding hydrogens is 407 g/mol. The van der Waals surface area contributed by atoms with E-state index in [1.54, 1.807) is 0 Å². The summed E-state index contributed by atoms with van der Waals surface area (Å²) in [7, 11) is 1.49. The number of carbonyl (C=O) groups excluding carboxylic acids is 2. The maximum atomic E-state index is 13.2. The molecule has 0 bridgehead atoms. The zero-order valence-corrected chi connectivity index (χ0v) is 17.3. The van der Waals surface area contributed by atoms with E-state index in [1.807, 2.05) is 6.92 Å². The first-order chi connectivity index (χ1) is 14.0. The summed E-state index contributed by atoms with van der Waals surface area (Å²) in [5, 5.41) is 10.4. The van der Waals surface area contributed by atoms with E-state index in [0.29, 0.717) is 19.3 Å². The first-order valence-electron chi connectivity index (χ1n) is 10.0. The van der Waals surface area contributed by atoms with Gasteiger partial charge in [-0.2, -0.15) is 18.0 Å². The standard InChI is InChI=1S/C19H28F3N3O5/c1-4-30-17(27)16(24-23)14(26)8-11-7-12-13(5-10(2)6-15(12)29-3)25(9-11)18(28)19(20,21)22/h10-15,26H,4-9H2,1-3H3/t10-,11-,12-,13-,14?,15-/m1/s1. The number of nitrogens with zero attached hydrogens (tertiary/aromatic N) is 3. The first kappa shape index (κ1) is 24.3. The highest BCUT2D eigenvalue weighted by Gasteiger charge is 2.52. The lowest BCUT2D eigenvalue weighted by atomic mass is 9.69. The molecule has 0 radical (unpaired) electrons. The fraction of sp³-hybridized carbons (Fsp3) is 0.842. The van der Waals surface area contributed by atoms with Gasteiger partial charge in [0.15, 0.2) is 6.10 Å². The van der Waals surface area contributed by atoms with Crippen molar-refractivity contribution in [3.63, 3.8) is 0 Å². The molecule has 1 N–H and O–H groups in total. The van der Waals surface area contributed by atoms with Crippen LogP contribution in [0.15, 0.2) is 0 Å². The monoisotopic (exact) mass is 435 g/mol. The molecule has 0 spiro atoms. The van der Waals surface area contributed by atoms with Crippen molar-refractivity contribution >= 4 is 17.6 Å². The van der Waals surface area contributed by atoms with Crippen LogP contribution in [-0.2, 0) is 19.1 Å². The van der Waals surface area contributed by atoms with Gasteiger partial charge in [-0.1, -0.05) is 6.92 Å². The number of hydrogen-bond donors (Lipinski definition) is 1. The number of alkyl halides is 3. The number of amides is 1. The molecule has 1 aliphatic carbocycles. The number of rotatable bonds is 6. The van der Waals surface area contributed by atoms with Crippen molar-refractivity contribution in [3.8, 4) is 0 Å². The summed E-state index contributed by atoms with van der Waals surface area (Å²) in [6.45, 7) is 3.23. The minimum Gasteiger partial charge on any atom is -0.457 e. The van der Waals surface area contributed by atoms with Gasteiger partial charge < -0.3 is 25.0 Å². The number of piperidine rings is 1. The number of halogens is 3. The molecule has 2 rings (SSSR count). The van der Waals surface area contributed by atoms with E-state index < -0.39 is 41.8 Å². The summed E-state index contributed by atoms with van der Waals surface area (Å²) in [4.78, 5) is 27.6. The zero-order valence-electron chi connectivity index (χ0n) is 17.3. The smallest absolute Gasteiger partial charge is 0.457 e. The van der Waals surface area contributed by atoms with Crippen molar-refractivity contribution in [1.82, 2.24) is 4.90 Å². The Morgan fingerprint density at radius 2 is 1.97 bits per heavy atom. The minimum atomic E-state index is -5.02. The molecule has 30 heavy (non-hydrogen) atoms. The summed E-state index contributed by atoms with van der Waals surface area (Å²) in [6, 6.07) is -0.614. The lowest BCUT2D eigenvalue weighted by Gasteiger charge is -2.51. The Balaban J connectivity index is 2.26. The van der Waals surface area contributed by atoms with Crippen molar-refractivity contribution < 1.29 is 42.1 Å². The highest BCUT2D eigenvalue weighted by molar-refractivity contribution is 6.35. The second kappa shape index (κ2) is 9.89. The van der Waals surface area contributed by atoms with Crippen LogP contribution in [0.25, 0.3) is 5.53 Å². The second-order valence-electron chi connectivity index (χ2n) is 8.10. The van der Waals surface area contributed by atoms with E-state index in [1.165, 1.54) is 14.0 Å². The Morgan fingerprint density at radius 3 is 2.50 bits per heavy atom. The van der Waals surface area contributed by atoms with Gasteiger partial charge in [0.2, 0.25) is 0 Å². The van der Waals surface area contributed by atoms with Gasteiger partial charge in [-0.15, -0.1) is 0 Å². The van der Waals surface area contributed by atoms with Gasteiger partial charge in [0.1, 0.15) is 0 Å². The average Bonchev–Trinajstić information content (AvgIpc) is 2.66. The van der Waals surface area contributed by atoms with E-state index in [-0.39, 0.29) is 37.5 Å². The van der Waals surface area contributed by atoms with Gasteiger partial charge in [0.05, 0.1) is 12.7 Å². The normalized spacial score (nSPS) is 30.1. The zero-order chi connectivity index (χ0) is 22.6. The first-order valence-corrected chi connectivity index (χ1v) is 10.0. The van der Waals surface area contributed by atoms with Crippen LogP contribution in [0.4, 0.5) is 13.2 Å². The van der Waals surface area contributed by atoms with E-state index >= 15 is 0 Å². The molecule has 6 atom stereocenters. The summed E-state index contributed by atoms with van der Waals surface area (Å²) < 4.78 is 50.0. The third kappa shape index (κ3) is 5.39. The van der Waals surface area contributed by atoms with Crippen LogP contribution in [0.2, 0.25) is 0 Å². The van der Waals surface area contributed by atoms with Gasteiger partial charge in [0.25, 0.3) is 0 Å². The Hall–Kier alpha value is -1.97. The topological polar surface area (TPSA) is 112 Å². The molecule has 0 aromatic heterocycles. The van der Waals surface area contributed by atoms with Crippen molar-refractivity contribution in [2.75, 3.05) is 20.3 Å². The lowest BCUT2D eigenvalue weighted by molar-refractivity contribution is -0.196. The molecule has 1 heterocycles. The number of hydrogen-bond acceptors (Lipinski definition) is 5. The SMILES string of the molecule is CCOC(=O)C(=[N+]=[N-])C(O)C[C@H]1C[C@@H]2[C@@H](C[C@@H](C)C[C@H]2OC)N(C(=O)C(F)(F)F)C1. The highest BCUT2D eigenvalue weighted by atomic mass is 19.4. The van der Waals surface area contributed by atoms with Crippen molar-refractivity contribution in [1.29, 1.82) is 0 Å². The van der Waals surface area contributed by atoms with Gasteiger partial charge in [-0.3, -0.25) is 4.79 Å². The van der Waals surface area contributed by atoms with Crippen LogP contribution in [-0.4, -0.2) is 77.1 Å². The molecule has 2 fully saturated rings. The predicted octanol–water partition coefficient (Wildman–Crippen LogP) is 1.81. The molecular formula is C19H28F3N3O5. The van der Waals surface area contributed by atoms with Crippen LogP contribution in [0.5, 0.6) is 0 Å². The lowest BCUT2D eigenvalue weighted by Crippen LogP contribution is -2.60. The summed E-state index contributed by atoms with van der Waals surface area (Å²) in [5.41, 5.74) is 8.44. The Bertz CT molecular complexity index is 695. The maximum absolute atomic E-state index is 13.2. The van der Waals surface area contributed by atoms with Crippen LogP contribution >= 0.6 is 0 Å².